The van der Waals surface area contributed by atoms with Gasteiger partial charge in [-0.2, -0.15) is 0 Å². The van der Waals surface area contributed by atoms with Gasteiger partial charge in [-0.25, -0.2) is 0 Å². The van der Waals surface area contributed by atoms with Gasteiger partial charge < -0.3 is 0 Å². The molecule has 0 fully saturated rings. The molecule has 0 heterocycles. The zero-order valence-corrected chi connectivity index (χ0v) is 34.2. The summed E-state index contributed by atoms with van der Waals surface area (Å²) < 4.78 is 0. The molecule has 0 saturated heterocycles. The zero-order chi connectivity index (χ0) is 11.4. The molecule has 14 heavy (non-hydrogen) atoms. The summed E-state index contributed by atoms with van der Waals surface area (Å²) in [6.07, 6.45) is 0. The Kier molecular flexibility index (Phi) is 22.2. The summed E-state index contributed by atoms with van der Waals surface area (Å²) in [5.74, 6) is 0. The minimum atomic E-state index is 0.347. The number of hydrogen-bond acceptors (Lipinski definition) is 0. The van der Waals surface area contributed by atoms with E-state index in [0.717, 1.165) is 51.3 Å². The Morgan fingerprint density at radius 3 is 1.50 bits per heavy atom. The van der Waals surface area contributed by atoms with Gasteiger partial charge in [0.15, 0.2) is 0 Å². The molecule has 0 spiro atoms. The first-order valence-electron chi connectivity index (χ1n) is 6.58. The highest BCUT2D eigenvalue weighted by Crippen LogP contribution is 1.59. The second kappa shape index (κ2) is 16.0. The van der Waals surface area contributed by atoms with Crippen molar-refractivity contribution < 1.29 is 0 Å². The van der Waals surface area contributed by atoms with E-state index in [0.29, 0.717) is 14.7 Å². The molecule has 1 unspecified atom stereocenters. The standard InChI is InChI=1S/2H16Si7/c1-4-5-6-7(2)3;1-4-6-7(3)5-2/h2*7H,4-6H2,1-3H3. The predicted octanol–water partition coefficient (Wildman–Crippen LogP) is -13.9. The Labute approximate surface area is 123 Å². The van der Waals surface area contributed by atoms with Gasteiger partial charge in [0.05, 0.1) is 0 Å². The minimum absolute atomic E-state index is 0.347. The maximum Gasteiger partial charge on any atom is -0.00752 e. The SMILES string of the molecule is [SiH3][SiH2][SiH2][SiH2][SiH]([SiH3])[SiH3].[SiH3][SiH2][SiH2][SiH]([SiH3])[SiH2][SiH3]. The molecule has 0 amide bonds. The molecule has 0 aromatic carbocycles. The van der Waals surface area contributed by atoms with Crippen LogP contribution in [0, 0.1) is 0 Å². The molecule has 0 aliphatic carbocycles. The Bertz CT molecular complexity index is 84.0. The average molecular weight is 425 g/mol. The van der Waals surface area contributed by atoms with Crippen molar-refractivity contribution in [2.24, 2.45) is 0 Å². The van der Waals surface area contributed by atoms with Crippen molar-refractivity contribution in [2.45, 2.75) is 0 Å². The van der Waals surface area contributed by atoms with Crippen LogP contribution in [0.3, 0.4) is 0 Å². The van der Waals surface area contributed by atoms with Gasteiger partial charge in [0.2, 0.25) is 0 Å². The summed E-state index contributed by atoms with van der Waals surface area (Å²) in [5, 5.41) is 0. The zero-order valence-electron chi connectivity index (χ0n) is 11.4. The van der Waals surface area contributed by atoms with Crippen molar-refractivity contribution in [3.63, 3.8) is 0 Å². The third kappa shape index (κ3) is 20.4. The van der Waals surface area contributed by atoms with Gasteiger partial charge in [0, 0.05) is 0 Å². The van der Waals surface area contributed by atoms with Crippen LogP contribution >= 0.6 is 0 Å². The highest BCUT2D eigenvalue weighted by atomic mass is 30.1. The molecular weight excluding hydrogens is 393 g/mol. The summed E-state index contributed by atoms with van der Waals surface area (Å²) in [4.78, 5) is 0. The second-order valence-electron chi connectivity index (χ2n) is 4.84. The van der Waals surface area contributed by atoms with Crippen LogP contribution in [0.2, 0.25) is 0 Å². The second-order valence-corrected chi connectivity index (χ2v) is 131. The van der Waals surface area contributed by atoms with Gasteiger partial charge >= 0.3 is 0 Å². The highest BCUT2D eigenvalue weighted by molar-refractivity contribution is 7.73. The molecule has 0 radical (unpaired) electrons. The summed E-state index contributed by atoms with van der Waals surface area (Å²) in [5.41, 5.74) is 0. The lowest BCUT2D eigenvalue weighted by molar-refractivity contribution is 3.79. The third-order valence-electron chi connectivity index (χ3n) is 2.61. The molecular formula is H32Si14. The van der Waals surface area contributed by atoms with Crippen molar-refractivity contribution in [3.8, 4) is 0 Å². The summed E-state index contributed by atoms with van der Waals surface area (Å²) in [6.45, 7) is 0. The third-order valence-corrected chi connectivity index (χ3v) is 212. The van der Waals surface area contributed by atoms with Crippen LogP contribution in [-0.4, -0.2) is 125 Å². The van der Waals surface area contributed by atoms with Gasteiger partial charge in [-0.3, -0.25) is 0 Å². The molecule has 0 nitrogen and oxygen atoms in total. The van der Waals surface area contributed by atoms with Crippen LogP contribution in [-0.2, 0) is 0 Å². The van der Waals surface area contributed by atoms with Crippen molar-refractivity contribution in [1.82, 2.24) is 0 Å². The van der Waals surface area contributed by atoms with Crippen LogP contribution < -0.4 is 0 Å². The first-order valence-corrected chi connectivity index (χ1v) is 59.2. The fourth-order valence-corrected chi connectivity index (χ4v) is 318. The molecule has 88 valence electrons. The fourth-order valence-electron chi connectivity index (χ4n) is 1.31. The smallest absolute Gasteiger partial charge is 0.00752 e. The lowest BCUT2D eigenvalue weighted by Crippen LogP contribution is -2.35. The minimum Gasteiger partial charge on any atom is -0.0120 e. The largest absolute Gasteiger partial charge is 0.0120 e. The van der Waals surface area contributed by atoms with Crippen LogP contribution in [0.5, 0.6) is 0 Å². The molecule has 0 saturated carbocycles. The predicted molar refractivity (Wildman–Crippen MR) is 125 cm³/mol. The van der Waals surface area contributed by atoms with E-state index < -0.39 is 0 Å². The number of rotatable bonds is 6. The molecule has 0 aliphatic heterocycles. The van der Waals surface area contributed by atoms with Crippen LogP contribution in [0.1, 0.15) is 0 Å². The Morgan fingerprint density at radius 1 is 0.786 bits per heavy atom. The average Bonchev–Trinajstić information content (AvgIpc) is 2.16. The van der Waals surface area contributed by atoms with E-state index in [9.17, 15) is 0 Å². The monoisotopic (exact) mass is 424 g/mol. The lowest BCUT2D eigenvalue weighted by atomic mass is 26.1. The van der Waals surface area contributed by atoms with Crippen LogP contribution in [0.25, 0.3) is 0 Å². The Morgan fingerprint density at radius 2 is 1.36 bits per heavy atom. The normalized spacial score (nSPS) is 20.6. The van der Waals surface area contributed by atoms with Crippen molar-refractivity contribution in [2.75, 3.05) is 0 Å². The van der Waals surface area contributed by atoms with E-state index in [1.807, 2.05) is 0 Å². The first kappa shape index (κ1) is 19.4. The van der Waals surface area contributed by atoms with Crippen LogP contribution in [0.15, 0.2) is 0 Å². The van der Waals surface area contributed by atoms with Gasteiger partial charge in [0.1, 0.15) is 0 Å². The maximum atomic E-state index is 1.75. The van der Waals surface area contributed by atoms with Gasteiger partial charge in [-0.05, 0) is 125 Å². The quantitative estimate of drug-likeness (QED) is 0.371. The molecule has 0 aliphatic rings. The summed E-state index contributed by atoms with van der Waals surface area (Å²) in [7, 11) is 15.9. The van der Waals surface area contributed by atoms with E-state index in [-0.39, 0.29) is 0 Å². The van der Waals surface area contributed by atoms with Gasteiger partial charge in [-0.1, -0.05) is 0 Å². The topological polar surface area (TPSA) is 0 Å². The van der Waals surface area contributed by atoms with Crippen molar-refractivity contribution >= 4 is 125 Å². The van der Waals surface area contributed by atoms with Crippen LogP contribution in [0.4, 0.5) is 0 Å². The molecule has 0 N–H and O–H groups in total. The summed E-state index contributed by atoms with van der Waals surface area (Å²) in [6, 6.07) is 0. The van der Waals surface area contributed by atoms with E-state index >= 15 is 0 Å². The van der Waals surface area contributed by atoms with Crippen molar-refractivity contribution in [1.29, 1.82) is 0 Å². The molecule has 0 rings (SSSR count). The molecule has 14 heteroatoms. The van der Waals surface area contributed by atoms with Crippen molar-refractivity contribution in [3.05, 3.63) is 0 Å². The van der Waals surface area contributed by atoms with Gasteiger partial charge in [-0.15, -0.1) is 0 Å². The molecule has 1 atom stereocenters. The summed E-state index contributed by atoms with van der Waals surface area (Å²) >= 11 is 0. The van der Waals surface area contributed by atoms with E-state index in [1.54, 1.807) is 58.6 Å². The fraction of sp³-hybridized carbons (Fsp3) is 0. The van der Waals surface area contributed by atoms with E-state index in [4.69, 9.17) is 0 Å². The molecule has 0 aromatic heterocycles. The Hall–Kier alpha value is 3.04. The maximum absolute atomic E-state index is 1.75. The highest BCUT2D eigenvalue weighted by Gasteiger charge is 1.96. The lowest BCUT2D eigenvalue weighted by Gasteiger charge is -1.98. The number of hydrogen-bond donors (Lipinski definition) is 0. The first-order chi connectivity index (χ1) is 6.58. The molecule has 0 bridgehead atoms. The van der Waals surface area contributed by atoms with Gasteiger partial charge in [0.25, 0.3) is 0 Å². The Balaban J connectivity index is 0. The molecule has 0 aromatic rings. The van der Waals surface area contributed by atoms with E-state index in [2.05, 4.69) is 0 Å². The van der Waals surface area contributed by atoms with E-state index in [1.165, 1.54) is 0 Å².